The molecule has 200 valence electrons. The summed E-state index contributed by atoms with van der Waals surface area (Å²) in [7, 11) is 1.50. The van der Waals surface area contributed by atoms with Crippen molar-refractivity contribution in [1.29, 1.82) is 5.53 Å². The normalized spacial score (nSPS) is 15.0. The summed E-state index contributed by atoms with van der Waals surface area (Å²) in [6.07, 6.45) is 20.6. The number of aromatic amines is 1. The van der Waals surface area contributed by atoms with Crippen LogP contribution >= 0.6 is 0 Å². The van der Waals surface area contributed by atoms with Gasteiger partial charge in [0, 0.05) is 34.2 Å². The molecule has 37 heavy (non-hydrogen) atoms. The molecule has 1 aromatic carbocycles. The molecule has 1 heterocycles. The minimum atomic E-state index is 0.673. The molecule has 1 aromatic heterocycles. The monoisotopic (exact) mass is 501 g/mol. The first-order chi connectivity index (χ1) is 18.0. The third-order valence-electron chi connectivity index (χ3n) is 6.31. The number of nitrogens with zero attached hydrogens (tertiary/aromatic N) is 2. The second-order valence-electron chi connectivity index (χ2n) is 9.19. The lowest BCUT2D eigenvalue weighted by Gasteiger charge is -2.15. The first-order valence-electron chi connectivity index (χ1n) is 13.4. The molecule has 1 fully saturated rings. The first-order valence-corrected chi connectivity index (χ1v) is 13.4. The maximum absolute atomic E-state index is 7.41. The van der Waals surface area contributed by atoms with Gasteiger partial charge in [-0.2, -0.15) is 5.11 Å². The van der Waals surface area contributed by atoms with Crippen LogP contribution in [0.3, 0.4) is 0 Å². The summed E-state index contributed by atoms with van der Waals surface area (Å²) >= 11 is 0. The average molecular weight is 502 g/mol. The van der Waals surface area contributed by atoms with E-state index in [4.69, 9.17) is 10.5 Å². The van der Waals surface area contributed by atoms with Crippen molar-refractivity contribution >= 4 is 34.2 Å². The lowest BCUT2D eigenvalue weighted by Crippen LogP contribution is -1.99. The Bertz CT molecular complexity index is 1120. The molecule has 0 unspecified atom stereocenters. The van der Waals surface area contributed by atoms with Crippen molar-refractivity contribution in [3.8, 4) is 0 Å². The van der Waals surface area contributed by atoms with Gasteiger partial charge in [0.25, 0.3) is 0 Å². The van der Waals surface area contributed by atoms with E-state index in [1.54, 1.807) is 6.08 Å². The zero-order valence-electron chi connectivity index (χ0n) is 23.6. The van der Waals surface area contributed by atoms with Crippen LogP contribution < -0.4 is 5.73 Å². The van der Waals surface area contributed by atoms with Gasteiger partial charge in [0.1, 0.15) is 5.82 Å². The van der Waals surface area contributed by atoms with Crippen molar-refractivity contribution in [2.45, 2.75) is 72.6 Å². The van der Waals surface area contributed by atoms with Crippen LogP contribution in [0.4, 0.5) is 5.82 Å². The Morgan fingerprint density at radius 3 is 2.41 bits per heavy atom. The van der Waals surface area contributed by atoms with E-state index in [-0.39, 0.29) is 0 Å². The Morgan fingerprint density at radius 1 is 1.19 bits per heavy atom. The van der Waals surface area contributed by atoms with Gasteiger partial charge < -0.3 is 10.7 Å². The Hall–Kier alpha value is -3.31. The molecule has 3 rings (SSSR count). The number of allylic oxidation sites excluding steroid dienone is 6. The highest BCUT2D eigenvalue weighted by Crippen LogP contribution is 2.32. The minimum Gasteiger partial charge on any atom is -0.339 e. The third-order valence-corrected chi connectivity index (χ3v) is 6.31. The van der Waals surface area contributed by atoms with Crippen molar-refractivity contribution in [1.82, 2.24) is 4.98 Å². The van der Waals surface area contributed by atoms with Crippen molar-refractivity contribution in [3.05, 3.63) is 78.4 Å². The average Bonchev–Trinajstić information content (AvgIpc) is 3.27. The molecule has 0 amide bonds. The second kappa shape index (κ2) is 18.0. The fourth-order valence-corrected chi connectivity index (χ4v) is 4.36. The number of nitrogens with one attached hydrogen (secondary N) is 2. The van der Waals surface area contributed by atoms with Crippen LogP contribution in [0.25, 0.3) is 22.7 Å². The predicted molar refractivity (Wildman–Crippen MR) is 165 cm³/mol. The fraction of sp³-hybridized carbons (Fsp3) is 0.406. The van der Waals surface area contributed by atoms with Crippen LogP contribution in [0.1, 0.15) is 83.8 Å². The van der Waals surface area contributed by atoms with Crippen LogP contribution in [0.5, 0.6) is 0 Å². The van der Waals surface area contributed by atoms with Crippen molar-refractivity contribution < 1.29 is 0 Å². The maximum Gasteiger partial charge on any atom is 0.138 e. The van der Waals surface area contributed by atoms with Crippen LogP contribution in [0.2, 0.25) is 0 Å². The van der Waals surface area contributed by atoms with Gasteiger partial charge in [-0.05, 0) is 44.9 Å². The third kappa shape index (κ3) is 10.3. The summed E-state index contributed by atoms with van der Waals surface area (Å²) in [6, 6.07) is 6.03. The topological polar surface area (TPSA) is 90.4 Å². The summed E-state index contributed by atoms with van der Waals surface area (Å²) in [6.45, 7) is 16.1. The maximum atomic E-state index is 7.41. The number of hydrogen-bond donors (Lipinski definition) is 3. The molecular formula is C32H47N5. The van der Waals surface area contributed by atoms with Crippen molar-refractivity contribution in [2.75, 3.05) is 7.05 Å². The largest absolute Gasteiger partial charge is 0.339 e. The number of benzene rings is 1. The summed E-state index contributed by atoms with van der Waals surface area (Å²) in [4.78, 5) is 8.21. The zero-order valence-corrected chi connectivity index (χ0v) is 23.6. The molecule has 1 saturated carbocycles. The van der Waals surface area contributed by atoms with Gasteiger partial charge in [0.2, 0.25) is 0 Å². The molecule has 0 bridgehead atoms. The van der Waals surface area contributed by atoms with Crippen LogP contribution in [0.15, 0.2) is 77.4 Å². The zero-order chi connectivity index (χ0) is 27.6. The molecule has 2 aromatic rings. The number of aromatic nitrogens is 1. The number of fused-ring (bicyclic) bond motifs is 1. The molecule has 5 nitrogen and oxygen atoms in total. The Morgan fingerprint density at radius 2 is 1.89 bits per heavy atom. The highest BCUT2D eigenvalue weighted by Gasteiger charge is 2.11. The van der Waals surface area contributed by atoms with Gasteiger partial charge in [0.15, 0.2) is 0 Å². The number of H-pyrrole nitrogens is 1. The standard InChI is InChI=1S/C24H28N4.C7H14.CH5N/c1-6-10-12-18(8-3)15-17(5)26-24-20(9-4)21-14-13-19(16-23(21)27-24)22(28-25)11-7-2;1-7-5-3-2-4-6-7;1-2/h6,8-14,16,25,27H,1,4,7,15H2,2-3,5H3;7H,2-6H2,1H3;2H2,1H3/b12-10-,18-8+,22-11-,26-17+,28-25?;;. The summed E-state index contributed by atoms with van der Waals surface area (Å²) in [5, 5.41) is 4.71. The van der Waals surface area contributed by atoms with Crippen LogP contribution in [-0.4, -0.2) is 17.7 Å². The molecule has 0 aliphatic heterocycles. The van der Waals surface area contributed by atoms with Crippen LogP contribution in [-0.2, 0) is 0 Å². The van der Waals surface area contributed by atoms with Gasteiger partial charge >= 0.3 is 0 Å². The van der Waals surface area contributed by atoms with Crippen LogP contribution in [0, 0.1) is 11.4 Å². The van der Waals surface area contributed by atoms with E-state index in [0.29, 0.717) is 5.70 Å². The molecular weight excluding hydrogens is 454 g/mol. The summed E-state index contributed by atoms with van der Waals surface area (Å²) < 4.78 is 0. The minimum absolute atomic E-state index is 0.673. The Kier molecular flexibility index (Phi) is 15.4. The van der Waals surface area contributed by atoms with E-state index in [1.807, 2.05) is 63.3 Å². The molecule has 0 radical (unpaired) electrons. The molecule has 0 atom stereocenters. The van der Waals surface area contributed by atoms with Gasteiger partial charge in [-0.25, -0.2) is 10.5 Å². The lowest BCUT2D eigenvalue weighted by molar-refractivity contribution is 0.385. The summed E-state index contributed by atoms with van der Waals surface area (Å²) in [5.74, 6) is 1.83. The second-order valence-corrected chi connectivity index (χ2v) is 9.19. The van der Waals surface area contributed by atoms with E-state index in [1.165, 1.54) is 44.7 Å². The van der Waals surface area contributed by atoms with Crippen molar-refractivity contribution in [2.24, 2.45) is 21.8 Å². The Balaban J connectivity index is 0.000000645. The highest BCUT2D eigenvalue weighted by molar-refractivity contribution is 5.97. The van der Waals surface area contributed by atoms with Gasteiger partial charge in [0.05, 0.1) is 5.70 Å². The predicted octanol–water partition coefficient (Wildman–Crippen LogP) is 9.93. The van der Waals surface area contributed by atoms with E-state index >= 15 is 0 Å². The number of nitrogens with two attached hydrogens (primary N) is 1. The number of aliphatic imine (C=N–C) groups is 1. The fourth-order valence-electron chi connectivity index (χ4n) is 4.36. The van der Waals surface area contributed by atoms with Crippen molar-refractivity contribution in [3.63, 3.8) is 0 Å². The Labute approximate surface area is 224 Å². The molecule has 0 spiro atoms. The van der Waals surface area contributed by atoms with Gasteiger partial charge in [-0.1, -0.05) is 108 Å². The van der Waals surface area contributed by atoms with E-state index < -0.39 is 0 Å². The smallest absolute Gasteiger partial charge is 0.138 e. The number of rotatable bonds is 9. The quantitative estimate of drug-likeness (QED) is 0.178. The number of hydrogen-bond acceptors (Lipinski definition) is 4. The molecule has 4 N–H and O–H groups in total. The van der Waals surface area contributed by atoms with E-state index in [0.717, 1.165) is 52.3 Å². The molecule has 1 aliphatic rings. The lowest BCUT2D eigenvalue weighted by atomic mass is 9.91. The SMILES string of the molecule is C=C/C=C\C(=C/C)C/C(C)=N/c1[nH]c2cc(/C(=C/CC)N=N)ccc2c1C=C.CC1CCCCC1.CN. The first kappa shape index (κ1) is 31.7. The molecule has 0 saturated heterocycles. The highest BCUT2D eigenvalue weighted by atomic mass is 15.0. The molecule has 5 heteroatoms. The van der Waals surface area contributed by atoms with Gasteiger partial charge in [-0.3, -0.25) is 0 Å². The van der Waals surface area contributed by atoms with E-state index in [2.05, 4.69) is 42.0 Å². The molecule has 1 aliphatic carbocycles. The summed E-state index contributed by atoms with van der Waals surface area (Å²) in [5.41, 5.74) is 17.6. The van der Waals surface area contributed by atoms with Gasteiger partial charge in [-0.15, -0.1) is 0 Å². The van der Waals surface area contributed by atoms with E-state index in [9.17, 15) is 0 Å².